The summed E-state index contributed by atoms with van der Waals surface area (Å²) in [5, 5.41) is 3.23. The number of rotatable bonds is 14. The largest absolute Gasteiger partial charge is 0.496 e. The Kier molecular flexibility index (Phi) is 10.8. The van der Waals surface area contributed by atoms with Crippen molar-refractivity contribution in [2.45, 2.75) is 33.1 Å². The van der Waals surface area contributed by atoms with Crippen LogP contribution in [0.2, 0.25) is 0 Å². The molecular weight excluding hydrogens is 547 g/mol. The van der Waals surface area contributed by atoms with Crippen LogP contribution in [0.15, 0.2) is 42.1 Å². The zero-order valence-corrected chi connectivity index (χ0v) is 26.5. The van der Waals surface area contributed by atoms with Crippen molar-refractivity contribution in [1.82, 2.24) is 14.9 Å². The van der Waals surface area contributed by atoms with Crippen LogP contribution in [-0.4, -0.2) is 76.5 Å². The van der Waals surface area contributed by atoms with E-state index in [0.29, 0.717) is 30.3 Å². The molecule has 0 bridgehead atoms. The fraction of sp³-hybridized carbons (Fsp3) is 0.455. The predicted molar refractivity (Wildman–Crippen MR) is 172 cm³/mol. The number of anilines is 4. The molecule has 1 aliphatic carbocycles. The first-order valence-corrected chi connectivity index (χ1v) is 14.8. The number of nitrogens with zero attached hydrogens (tertiary/aromatic N) is 4. The van der Waals surface area contributed by atoms with Gasteiger partial charge in [-0.15, -0.1) is 0 Å². The fourth-order valence-electron chi connectivity index (χ4n) is 5.51. The van der Waals surface area contributed by atoms with E-state index in [0.717, 1.165) is 66.1 Å². The van der Waals surface area contributed by atoms with Crippen molar-refractivity contribution in [2.24, 2.45) is 5.92 Å². The quantitative estimate of drug-likeness (QED) is 0.179. The highest BCUT2D eigenvalue weighted by molar-refractivity contribution is 5.86. The lowest BCUT2D eigenvalue weighted by Crippen LogP contribution is -2.29. The topological polar surface area (TPSA) is 98.0 Å². The van der Waals surface area contributed by atoms with Crippen LogP contribution in [0, 0.1) is 11.7 Å². The van der Waals surface area contributed by atoms with Crippen LogP contribution in [0.4, 0.5) is 27.4 Å². The van der Waals surface area contributed by atoms with Crippen LogP contribution in [0.5, 0.6) is 11.5 Å². The summed E-state index contributed by atoms with van der Waals surface area (Å²) in [5.41, 5.74) is 12.4. The number of nitrogens with two attached hydrogens (primary N) is 1. The standard InChI is InChI=1S/C33H45FN6O3/c1-8-15-43-20-24-21(9-2)16-23-22(11-10-12-29(23)41-6)31(24)32-25(34)19-36-33(38-32)37-27-17-26(35)28(18-30(27)42-7)40(5)14-13-39(3)4/h10-12,17-19,21H,8-9,13-16,20,35H2,1-7H3,(H,36,37,38). The Labute approximate surface area is 254 Å². The van der Waals surface area contributed by atoms with Gasteiger partial charge < -0.3 is 35.1 Å². The maximum atomic E-state index is 15.7. The lowest BCUT2D eigenvalue weighted by Gasteiger charge is -2.31. The highest BCUT2D eigenvalue weighted by Gasteiger charge is 2.31. The average Bonchev–Trinajstić information content (AvgIpc) is 3.00. The number of nitrogen functional groups attached to an aromatic ring is 1. The average molecular weight is 593 g/mol. The van der Waals surface area contributed by atoms with E-state index < -0.39 is 5.82 Å². The number of halogens is 1. The normalized spacial score (nSPS) is 14.6. The molecule has 4 rings (SSSR count). The molecule has 232 valence electrons. The van der Waals surface area contributed by atoms with E-state index in [9.17, 15) is 0 Å². The fourth-order valence-corrected chi connectivity index (χ4v) is 5.51. The molecule has 1 heterocycles. The number of hydrogen-bond acceptors (Lipinski definition) is 9. The monoisotopic (exact) mass is 592 g/mol. The van der Waals surface area contributed by atoms with Gasteiger partial charge in [0.15, 0.2) is 5.82 Å². The summed E-state index contributed by atoms with van der Waals surface area (Å²) in [6, 6.07) is 9.56. The molecule has 3 aromatic rings. The van der Waals surface area contributed by atoms with E-state index in [-0.39, 0.29) is 17.6 Å². The van der Waals surface area contributed by atoms with Crippen LogP contribution < -0.4 is 25.4 Å². The van der Waals surface area contributed by atoms with Crippen LogP contribution in [0.1, 0.15) is 43.5 Å². The molecule has 0 saturated heterocycles. The van der Waals surface area contributed by atoms with Gasteiger partial charge >= 0.3 is 0 Å². The van der Waals surface area contributed by atoms with Gasteiger partial charge in [0.2, 0.25) is 5.95 Å². The minimum atomic E-state index is -0.511. The Hall–Kier alpha value is -3.89. The Morgan fingerprint density at radius 3 is 2.51 bits per heavy atom. The van der Waals surface area contributed by atoms with E-state index in [1.807, 2.05) is 45.4 Å². The molecule has 0 spiro atoms. The van der Waals surface area contributed by atoms with Gasteiger partial charge in [0.1, 0.15) is 17.2 Å². The minimum Gasteiger partial charge on any atom is -0.496 e. The summed E-state index contributed by atoms with van der Waals surface area (Å²) in [5.74, 6) is 1.22. The predicted octanol–water partition coefficient (Wildman–Crippen LogP) is 5.77. The molecule has 43 heavy (non-hydrogen) atoms. The van der Waals surface area contributed by atoms with Crippen molar-refractivity contribution in [3.63, 3.8) is 0 Å². The van der Waals surface area contributed by atoms with Gasteiger partial charge in [-0.3, -0.25) is 0 Å². The number of ether oxygens (including phenoxy) is 3. The number of benzene rings is 2. The molecule has 1 unspecified atom stereocenters. The number of hydrogen-bond donors (Lipinski definition) is 2. The molecule has 0 fully saturated rings. The van der Waals surface area contributed by atoms with Crippen LogP contribution >= 0.6 is 0 Å². The molecule has 0 aliphatic heterocycles. The second-order valence-electron chi connectivity index (χ2n) is 11.1. The number of methoxy groups -OCH3 is 2. The third kappa shape index (κ3) is 7.19. The highest BCUT2D eigenvalue weighted by Crippen LogP contribution is 2.44. The van der Waals surface area contributed by atoms with Crippen molar-refractivity contribution >= 4 is 28.6 Å². The Morgan fingerprint density at radius 1 is 1.07 bits per heavy atom. The molecular formula is C33H45FN6O3. The number of fused-ring (bicyclic) bond motifs is 1. The molecule has 0 radical (unpaired) electrons. The summed E-state index contributed by atoms with van der Waals surface area (Å²) in [4.78, 5) is 13.2. The molecule has 1 atom stereocenters. The van der Waals surface area contributed by atoms with Crippen molar-refractivity contribution in [3.05, 3.63) is 64.7 Å². The van der Waals surface area contributed by atoms with E-state index in [1.165, 1.54) is 6.20 Å². The van der Waals surface area contributed by atoms with Crippen LogP contribution in [0.3, 0.4) is 0 Å². The summed E-state index contributed by atoms with van der Waals surface area (Å²) < 4.78 is 33.2. The zero-order valence-electron chi connectivity index (χ0n) is 26.5. The molecule has 3 N–H and O–H groups in total. The molecule has 10 heteroatoms. The lowest BCUT2D eigenvalue weighted by molar-refractivity contribution is 0.149. The maximum Gasteiger partial charge on any atom is 0.228 e. The van der Waals surface area contributed by atoms with E-state index in [2.05, 4.69) is 33.9 Å². The number of nitrogens with one attached hydrogen (secondary N) is 1. The molecule has 1 aliphatic rings. The highest BCUT2D eigenvalue weighted by atomic mass is 19.1. The van der Waals surface area contributed by atoms with Gasteiger partial charge in [-0.05, 0) is 62.5 Å². The Balaban J connectivity index is 1.78. The van der Waals surface area contributed by atoms with Gasteiger partial charge in [-0.1, -0.05) is 26.0 Å². The van der Waals surface area contributed by atoms with E-state index in [4.69, 9.17) is 24.9 Å². The first-order valence-electron chi connectivity index (χ1n) is 14.8. The van der Waals surface area contributed by atoms with Gasteiger partial charge in [0.25, 0.3) is 0 Å². The van der Waals surface area contributed by atoms with Crippen molar-refractivity contribution in [2.75, 3.05) is 77.6 Å². The second-order valence-corrected chi connectivity index (χ2v) is 11.1. The number of likely N-dealkylation sites (N-methyl/N-ethyl adjacent to an activating group) is 2. The SMILES string of the molecule is CCCOCC1=C(c2nc(Nc3cc(N)c(N(C)CCN(C)C)cc3OC)ncc2F)c2cccc(OC)c2CC1CC. The number of aromatic nitrogens is 2. The van der Waals surface area contributed by atoms with Gasteiger partial charge in [0.05, 0.1) is 44.1 Å². The summed E-state index contributed by atoms with van der Waals surface area (Å²) >= 11 is 0. The lowest BCUT2D eigenvalue weighted by atomic mass is 9.76. The Bertz CT molecular complexity index is 1440. The van der Waals surface area contributed by atoms with Crippen molar-refractivity contribution < 1.29 is 18.6 Å². The first-order chi connectivity index (χ1) is 20.7. The van der Waals surface area contributed by atoms with Crippen molar-refractivity contribution in [3.8, 4) is 11.5 Å². The minimum absolute atomic E-state index is 0.151. The van der Waals surface area contributed by atoms with Crippen molar-refractivity contribution in [1.29, 1.82) is 0 Å². The Morgan fingerprint density at radius 2 is 1.84 bits per heavy atom. The zero-order chi connectivity index (χ0) is 31.1. The second kappa shape index (κ2) is 14.5. The van der Waals surface area contributed by atoms with E-state index in [1.54, 1.807) is 20.3 Å². The summed E-state index contributed by atoms with van der Waals surface area (Å²) in [6.45, 7) is 6.91. The molecule has 0 saturated carbocycles. The molecule has 0 amide bonds. The molecule has 2 aromatic carbocycles. The maximum absolute atomic E-state index is 15.7. The molecule has 1 aromatic heterocycles. The first kappa shape index (κ1) is 32.0. The van der Waals surface area contributed by atoms with Crippen LogP contribution in [-0.2, 0) is 11.2 Å². The van der Waals surface area contributed by atoms with Crippen LogP contribution in [0.25, 0.3) is 5.57 Å². The third-order valence-electron chi connectivity index (χ3n) is 7.86. The summed E-state index contributed by atoms with van der Waals surface area (Å²) in [6.07, 6.45) is 3.76. The smallest absolute Gasteiger partial charge is 0.228 e. The third-order valence-corrected chi connectivity index (χ3v) is 7.86. The van der Waals surface area contributed by atoms with Gasteiger partial charge in [-0.2, -0.15) is 0 Å². The summed E-state index contributed by atoms with van der Waals surface area (Å²) in [7, 11) is 9.32. The van der Waals surface area contributed by atoms with Gasteiger partial charge in [0, 0.05) is 43.9 Å². The van der Waals surface area contributed by atoms with Gasteiger partial charge in [-0.25, -0.2) is 14.4 Å². The van der Waals surface area contributed by atoms with E-state index >= 15 is 4.39 Å². The molecule has 9 nitrogen and oxygen atoms in total.